The molecule has 0 spiro atoms. The first-order chi connectivity index (χ1) is 17.4. The molecule has 2 aliphatic rings. The number of halogens is 1. The highest BCUT2D eigenvalue weighted by atomic mass is 19.1. The molecule has 8 nitrogen and oxygen atoms in total. The summed E-state index contributed by atoms with van der Waals surface area (Å²) in [6.45, 7) is 3.52. The summed E-state index contributed by atoms with van der Waals surface area (Å²) in [5, 5.41) is 18.0. The number of aromatic amines is 1. The first-order valence-electron chi connectivity index (χ1n) is 11.7. The number of nitriles is 1. The number of likely N-dealkylation sites (N-methyl/N-ethyl adjacent to an activating group) is 1. The number of benzene rings is 3. The Labute approximate surface area is 206 Å². The normalized spacial score (nSPS) is 17.2. The number of hydrogen-bond donors (Lipinski definition) is 2. The topological polar surface area (TPSA) is 111 Å². The number of nitrogens with zero attached hydrogens (tertiary/aromatic N) is 4. The molecule has 2 aliphatic heterocycles. The van der Waals surface area contributed by atoms with Crippen LogP contribution in [0.2, 0.25) is 0 Å². The van der Waals surface area contributed by atoms with E-state index >= 15 is 4.39 Å². The predicted molar refractivity (Wildman–Crippen MR) is 134 cm³/mol. The van der Waals surface area contributed by atoms with Crippen molar-refractivity contribution < 1.29 is 13.9 Å². The highest BCUT2D eigenvalue weighted by Crippen LogP contribution is 2.40. The molecule has 0 aliphatic carbocycles. The van der Waals surface area contributed by atoms with Crippen LogP contribution in [-0.2, 0) is 0 Å². The van der Waals surface area contributed by atoms with Gasteiger partial charge in [0.2, 0.25) is 0 Å². The van der Waals surface area contributed by atoms with E-state index in [0.717, 1.165) is 42.0 Å². The van der Waals surface area contributed by atoms with Crippen molar-refractivity contribution in [1.82, 2.24) is 15.1 Å². The van der Waals surface area contributed by atoms with Crippen LogP contribution in [0.5, 0.6) is 5.75 Å². The first kappa shape index (κ1) is 22.1. The number of rotatable bonds is 3. The number of nitrogens with one attached hydrogen (secondary N) is 1. The molecule has 4 aromatic rings. The maximum Gasteiger partial charge on any atom is 0.251 e. The van der Waals surface area contributed by atoms with Gasteiger partial charge in [-0.25, -0.2) is 4.39 Å². The zero-order chi connectivity index (χ0) is 25.0. The zero-order valence-corrected chi connectivity index (χ0v) is 19.6. The Kier molecular flexibility index (Phi) is 5.12. The van der Waals surface area contributed by atoms with E-state index in [-0.39, 0.29) is 16.7 Å². The molecule has 3 N–H and O–H groups in total. The van der Waals surface area contributed by atoms with E-state index in [1.807, 2.05) is 12.1 Å². The molecule has 6 rings (SSSR count). The minimum atomic E-state index is -0.866. The lowest BCUT2D eigenvalue weighted by molar-refractivity contribution is 0.0996. The Hall–Kier alpha value is -4.42. The summed E-state index contributed by atoms with van der Waals surface area (Å²) < 4.78 is 21.3. The fraction of sp³-hybridized carbons (Fsp3) is 0.222. The lowest BCUT2D eigenvalue weighted by Crippen LogP contribution is -2.56. The van der Waals surface area contributed by atoms with Crippen molar-refractivity contribution in [2.75, 3.05) is 38.2 Å². The summed E-state index contributed by atoms with van der Waals surface area (Å²) >= 11 is 0. The Morgan fingerprint density at radius 3 is 2.89 bits per heavy atom. The van der Waals surface area contributed by atoms with Crippen LogP contribution in [0.25, 0.3) is 33.3 Å². The van der Waals surface area contributed by atoms with E-state index < -0.39 is 11.7 Å². The number of fused-ring (bicyclic) bond motifs is 4. The third kappa shape index (κ3) is 3.46. The largest absolute Gasteiger partial charge is 0.489 e. The second-order valence-electron chi connectivity index (χ2n) is 9.26. The van der Waals surface area contributed by atoms with Crippen LogP contribution in [0.1, 0.15) is 15.9 Å². The molecule has 1 aromatic heterocycles. The number of anilines is 1. The van der Waals surface area contributed by atoms with Crippen LogP contribution in [0.15, 0.2) is 48.5 Å². The molecule has 0 bridgehead atoms. The van der Waals surface area contributed by atoms with Crippen LogP contribution < -0.4 is 15.4 Å². The first-order valence-corrected chi connectivity index (χ1v) is 11.7. The van der Waals surface area contributed by atoms with Gasteiger partial charge in [-0.3, -0.25) is 9.89 Å². The van der Waals surface area contributed by atoms with Crippen molar-refractivity contribution >= 4 is 22.5 Å². The number of carbonyl (C=O) groups excluding carboxylic acids is 1. The monoisotopic (exact) mass is 482 g/mol. The molecular weight excluding hydrogens is 459 g/mol. The summed E-state index contributed by atoms with van der Waals surface area (Å²) in [6.07, 6.45) is 0. The van der Waals surface area contributed by atoms with Gasteiger partial charge in [0.05, 0.1) is 34.4 Å². The summed E-state index contributed by atoms with van der Waals surface area (Å²) in [5.41, 5.74) is 9.08. The minimum absolute atomic E-state index is 0.131. The third-order valence-electron chi connectivity index (χ3n) is 7.04. The molecule has 1 amide bonds. The van der Waals surface area contributed by atoms with Gasteiger partial charge in [-0.1, -0.05) is 18.2 Å². The van der Waals surface area contributed by atoms with Gasteiger partial charge in [0, 0.05) is 41.7 Å². The number of amides is 1. The molecule has 180 valence electrons. The lowest BCUT2D eigenvalue weighted by atomic mass is 9.94. The average molecular weight is 483 g/mol. The molecule has 1 fully saturated rings. The van der Waals surface area contributed by atoms with Crippen molar-refractivity contribution in [3.63, 3.8) is 0 Å². The van der Waals surface area contributed by atoms with Crippen molar-refractivity contribution in [2.24, 2.45) is 5.73 Å². The Morgan fingerprint density at radius 1 is 1.22 bits per heavy atom. The number of H-pyrrole nitrogens is 1. The third-order valence-corrected chi connectivity index (χ3v) is 7.04. The van der Waals surface area contributed by atoms with E-state index in [4.69, 9.17) is 10.5 Å². The highest BCUT2D eigenvalue weighted by molar-refractivity contribution is 5.99. The number of primary amides is 1. The maximum absolute atomic E-state index is 15.2. The molecule has 0 saturated carbocycles. The van der Waals surface area contributed by atoms with Gasteiger partial charge in [0.1, 0.15) is 23.9 Å². The second-order valence-corrected chi connectivity index (χ2v) is 9.26. The zero-order valence-electron chi connectivity index (χ0n) is 19.6. The molecular formula is C27H23FN6O2. The second kappa shape index (κ2) is 8.36. The number of aromatic nitrogens is 2. The van der Waals surface area contributed by atoms with E-state index in [1.54, 1.807) is 18.2 Å². The van der Waals surface area contributed by atoms with E-state index in [1.165, 1.54) is 12.1 Å². The average Bonchev–Trinajstić information content (AvgIpc) is 3.30. The van der Waals surface area contributed by atoms with E-state index in [0.29, 0.717) is 29.4 Å². The van der Waals surface area contributed by atoms with Crippen molar-refractivity contribution in [3.05, 3.63) is 65.5 Å². The fourth-order valence-corrected chi connectivity index (χ4v) is 5.20. The van der Waals surface area contributed by atoms with Crippen LogP contribution in [0.3, 0.4) is 0 Å². The number of ether oxygens (including phenoxy) is 1. The summed E-state index contributed by atoms with van der Waals surface area (Å²) in [7, 11) is 2.13. The molecule has 1 atom stereocenters. The molecule has 1 unspecified atom stereocenters. The maximum atomic E-state index is 15.2. The predicted octanol–water partition coefficient (Wildman–Crippen LogP) is 3.52. The molecule has 3 aromatic carbocycles. The number of nitrogens with two attached hydrogens (primary N) is 1. The van der Waals surface area contributed by atoms with Crippen molar-refractivity contribution in [1.29, 1.82) is 5.26 Å². The molecule has 3 heterocycles. The van der Waals surface area contributed by atoms with Gasteiger partial charge in [-0.2, -0.15) is 10.4 Å². The quantitative estimate of drug-likeness (QED) is 0.462. The van der Waals surface area contributed by atoms with Gasteiger partial charge in [0.25, 0.3) is 5.91 Å². The van der Waals surface area contributed by atoms with E-state index in [9.17, 15) is 10.1 Å². The number of piperazine rings is 1. The summed E-state index contributed by atoms with van der Waals surface area (Å²) in [5.74, 6) is -0.817. The molecule has 9 heteroatoms. The van der Waals surface area contributed by atoms with Crippen LogP contribution in [-0.4, -0.2) is 60.3 Å². The van der Waals surface area contributed by atoms with Crippen LogP contribution >= 0.6 is 0 Å². The molecule has 0 radical (unpaired) electrons. The van der Waals surface area contributed by atoms with Gasteiger partial charge in [-0.05, 0) is 37.4 Å². The Morgan fingerprint density at radius 2 is 2.08 bits per heavy atom. The van der Waals surface area contributed by atoms with Crippen molar-refractivity contribution in [3.8, 4) is 34.2 Å². The summed E-state index contributed by atoms with van der Waals surface area (Å²) in [4.78, 5) is 16.4. The Balaban J connectivity index is 1.45. The number of hydrogen-bond acceptors (Lipinski definition) is 6. The molecule has 36 heavy (non-hydrogen) atoms. The molecule has 1 saturated heterocycles. The smallest absolute Gasteiger partial charge is 0.251 e. The minimum Gasteiger partial charge on any atom is -0.489 e. The van der Waals surface area contributed by atoms with Gasteiger partial charge in [0.15, 0.2) is 0 Å². The lowest BCUT2D eigenvalue weighted by Gasteiger charge is -2.44. The highest BCUT2D eigenvalue weighted by Gasteiger charge is 2.32. The van der Waals surface area contributed by atoms with Gasteiger partial charge in [-0.15, -0.1) is 0 Å². The summed E-state index contributed by atoms with van der Waals surface area (Å²) in [6, 6.07) is 16.3. The standard InChI is InChI=1S/C27H23FN6O2/c1-33-7-8-34-17(13-33)14-36-24-10-15(5-6-23(24)34)26-21-11-20(16(12-29)9-22(21)31-32-26)18-3-2-4-19(25(18)28)27(30)35/h2-6,9-11,17H,7-8,13-14H2,1H3,(H2,30,35)(H,31,32). The number of carbonyl (C=O) groups is 1. The van der Waals surface area contributed by atoms with Crippen LogP contribution in [0, 0.1) is 17.1 Å². The Bertz CT molecular complexity index is 1570. The van der Waals surface area contributed by atoms with Gasteiger partial charge >= 0.3 is 0 Å². The van der Waals surface area contributed by atoms with Crippen LogP contribution in [0.4, 0.5) is 10.1 Å². The van der Waals surface area contributed by atoms with Crippen molar-refractivity contribution in [2.45, 2.75) is 6.04 Å². The van der Waals surface area contributed by atoms with E-state index in [2.05, 4.69) is 39.2 Å². The van der Waals surface area contributed by atoms with Gasteiger partial charge < -0.3 is 20.3 Å². The fourth-order valence-electron chi connectivity index (χ4n) is 5.20. The SMILES string of the molecule is CN1CCN2c3ccc(-c4n[nH]c5cc(C#N)c(-c6cccc(C(N)=O)c6F)cc45)cc3OCC2C1.